The zero-order chi connectivity index (χ0) is 14.4. The number of carbonyl (C=O) groups is 1. The molecule has 2 unspecified atom stereocenters. The summed E-state index contributed by atoms with van der Waals surface area (Å²) in [7, 11) is 0. The Morgan fingerprint density at radius 3 is 2.37 bits per heavy atom. The predicted octanol–water partition coefficient (Wildman–Crippen LogP) is 1.67. The van der Waals surface area contributed by atoms with E-state index in [1.165, 1.54) is 0 Å². The molecule has 4 nitrogen and oxygen atoms in total. The molecule has 4 heteroatoms. The van der Waals surface area contributed by atoms with Gasteiger partial charge in [0.15, 0.2) is 0 Å². The zero-order valence-electron chi connectivity index (χ0n) is 11.9. The second kappa shape index (κ2) is 7.14. The van der Waals surface area contributed by atoms with Crippen LogP contribution in [0.15, 0.2) is 24.3 Å². The quantitative estimate of drug-likeness (QED) is 0.731. The first-order valence-corrected chi connectivity index (χ1v) is 6.71. The van der Waals surface area contributed by atoms with Crippen LogP contribution in [0.4, 0.5) is 0 Å². The maximum atomic E-state index is 11.9. The SMILES string of the molecule is CC(C)C(C)CNC(=O)C(N)Cc1ccc(O)cc1. The molecule has 0 aliphatic rings. The molecule has 1 amide bonds. The fourth-order valence-corrected chi connectivity index (χ4v) is 1.61. The van der Waals surface area contributed by atoms with Gasteiger partial charge in [-0.3, -0.25) is 4.79 Å². The lowest BCUT2D eigenvalue weighted by molar-refractivity contribution is -0.122. The minimum atomic E-state index is -0.552. The van der Waals surface area contributed by atoms with Gasteiger partial charge in [0.1, 0.15) is 5.75 Å². The number of nitrogens with two attached hydrogens (primary N) is 1. The molecule has 0 aromatic heterocycles. The van der Waals surface area contributed by atoms with Crippen LogP contribution in [0.25, 0.3) is 0 Å². The van der Waals surface area contributed by atoms with Gasteiger partial charge in [-0.2, -0.15) is 0 Å². The molecule has 0 aliphatic carbocycles. The number of benzene rings is 1. The second-order valence-corrected chi connectivity index (χ2v) is 5.44. The van der Waals surface area contributed by atoms with Crippen LogP contribution in [0.3, 0.4) is 0 Å². The van der Waals surface area contributed by atoms with Gasteiger partial charge < -0.3 is 16.2 Å². The molecule has 0 spiro atoms. The van der Waals surface area contributed by atoms with Crippen LogP contribution in [-0.2, 0) is 11.2 Å². The number of nitrogens with one attached hydrogen (secondary N) is 1. The average Bonchev–Trinajstić information content (AvgIpc) is 2.37. The van der Waals surface area contributed by atoms with Crippen molar-refractivity contribution < 1.29 is 9.90 Å². The Morgan fingerprint density at radius 2 is 1.84 bits per heavy atom. The van der Waals surface area contributed by atoms with Gasteiger partial charge in [0.25, 0.3) is 0 Å². The Bertz CT molecular complexity index is 401. The minimum absolute atomic E-state index is 0.124. The number of hydrogen-bond donors (Lipinski definition) is 3. The summed E-state index contributed by atoms with van der Waals surface area (Å²) in [5.41, 5.74) is 6.82. The van der Waals surface area contributed by atoms with E-state index in [9.17, 15) is 9.90 Å². The van der Waals surface area contributed by atoms with Crippen LogP contribution >= 0.6 is 0 Å². The summed E-state index contributed by atoms with van der Waals surface area (Å²) in [4.78, 5) is 11.9. The third kappa shape index (κ3) is 5.30. The molecule has 0 saturated carbocycles. The summed E-state index contributed by atoms with van der Waals surface area (Å²) in [5.74, 6) is 1.06. The van der Waals surface area contributed by atoms with E-state index in [0.29, 0.717) is 24.8 Å². The molecule has 0 heterocycles. The van der Waals surface area contributed by atoms with E-state index >= 15 is 0 Å². The van der Waals surface area contributed by atoms with Crippen molar-refractivity contribution in [3.63, 3.8) is 0 Å². The van der Waals surface area contributed by atoms with Crippen molar-refractivity contribution in [1.82, 2.24) is 5.32 Å². The molecule has 1 aromatic rings. The van der Waals surface area contributed by atoms with Gasteiger partial charge in [-0.05, 0) is 36.0 Å². The van der Waals surface area contributed by atoms with Crippen LogP contribution in [0, 0.1) is 11.8 Å². The maximum absolute atomic E-state index is 11.9. The van der Waals surface area contributed by atoms with Crippen molar-refractivity contribution in [2.24, 2.45) is 17.6 Å². The lowest BCUT2D eigenvalue weighted by Gasteiger charge is -2.18. The molecule has 1 aromatic carbocycles. The fourth-order valence-electron chi connectivity index (χ4n) is 1.61. The number of phenolic OH excluding ortho intramolecular Hbond substituents is 1. The first-order chi connectivity index (χ1) is 8.90. The highest BCUT2D eigenvalue weighted by Crippen LogP contribution is 2.11. The topological polar surface area (TPSA) is 75.4 Å². The van der Waals surface area contributed by atoms with E-state index in [4.69, 9.17) is 5.73 Å². The molecule has 0 aliphatic heterocycles. The van der Waals surface area contributed by atoms with E-state index in [1.807, 2.05) is 0 Å². The van der Waals surface area contributed by atoms with Crippen LogP contribution in [0.2, 0.25) is 0 Å². The van der Waals surface area contributed by atoms with E-state index in [-0.39, 0.29) is 11.7 Å². The molecule has 0 bridgehead atoms. The molecule has 106 valence electrons. The number of rotatable bonds is 6. The Labute approximate surface area is 115 Å². The number of phenols is 1. The number of aromatic hydroxyl groups is 1. The standard InChI is InChI=1S/C15H24N2O2/c1-10(2)11(3)9-17-15(19)14(16)8-12-4-6-13(18)7-5-12/h4-7,10-11,14,18H,8-9,16H2,1-3H3,(H,17,19). The molecule has 0 saturated heterocycles. The van der Waals surface area contributed by atoms with Crippen molar-refractivity contribution in [2.45, 2.75) is 33.2 Å². The molecule has 19 heavy (non-hydrogen) atoms. The van der Waals surface area contributed by atoms with E-state index in [1.54, 1.807) is 24.3 Å². The number of carbonyl (C=O) groups excluding carboxylic acids is 1. The second-order valence-electron chi connectivity index (χ2n) is 5.44. The van der Waals surface area contributed by atoms with Crippen molar-refractivity contribution in [2.75, 3.05) is 6.54 Å². The minimum Gasteiger partial charge on any atom is -0.508 e. The van der Waals surface area contributed by atoms with Crippen LogP contribution in [-0.4, -0.2) is 23.6 Å². The molecule has 1 rings (SSSR count). The molecule has 0 fully saturated rings. The first-order valence-electron chi connectivity index (χ1n) is 6.71. The van der Waals surface area contributed by atoms with Gasteiger partial charge in [-0.1, -0.05) is 32.9 Å². The third-order valence-electron chi connectivity index (χ3n) is 3.47. The highest BCUT2D eigenvalue weighted by Gasteiger charge is 2.15. The maximum Gasteiger partial charge on any atom is 0.237 e. The molecular weight excluding hydrogens is 240 g/mol. The summed E-state index contributed by atoms with van der Waals surface area (Å²) in [6, 6.07) is 6.20. The Hall–Kier alpha value is -1.55. The average molecular weight is 264 g/mol. The predicted molar refractivity (Wildman–Crippen MR) is 76.8 cm³/mol. The van der Waals surface area contributed by atoms with Crippen LogP contribution in [0.5, 0.6) is 5.75 Å². The monoisotopic (exact) mass is 264 g/mol. The van der Waals surface area contributed by atoms with Crippen molar-refractivity contribution in [3.05, 3.63) is 29.8 Å². The molecular formula is C15H24N2O2. The van der Waals surface area contributed by atoms with Gasteiger partial charge in [-0.25, -0.2) is 0 Å². The van der Waals surface area contributed by atoms with E-state index < -0.39 is 6.04 Å². The largest absolute Gasteiger partial charge is 0.508 e. The molecule has 4 N–H and O–H groups in total. The molecule has 2 atom stereocenters. The number of amides is 1. The Balaban J connectivity index is 2.42. The lowest BCUT2D eigenvalue weighted by atomic mass is 9.98. The highest BCUT2D eigenvalue weighted by molar-refractivity contribution is 5.81. The summed E-state index contributed by atoms with van der Waals surface area (Å²) in [6.07, 6.45) is 0.474. The summed E-state index contributed by atoms with van der Waals surface area (Å²) < 4.78 is 0. The Kier molecular flexibility index (Phi) is 5.83. The normalized spacial score (nSPS) is 14.2. The van der Waals surface area contributed by atoms with Gasteiger partial charge >= 0.3 is 0 Å². The summed E-state index contributed by atoms with van der Waals surface area (Å²) >= 11 is 0. The van der Waals surface area contributed by atoms with Crippen molar-refractivity contribution in [1.29, 1.82) is 0 Å². The van der Waals surface area contributed by atoms with Crippen molar-refractivity contribution in [3.8, 4) is 5.75 Å². The smallest absolute Gasteiger partial charge is 0.237 e. The Morgan fingerprint density at radius 1 is 1.26 bits per heavy atom. The molecule has 0 radical (unpaired) electrons. The fraction of sp³-hybridized carbons (Fsp3) is 0.533. The summed E-state index contributed by atoms with van der Waals surface area (Å²) in [6.45, 7) is 7.02. The van der Waals surface area contributed by atoms with Gasteiger partial charge in [-0.15, -0.1) is 0 Å². The van der Waals surface area contributed by atoms with E-state index in [2.05, 4.69) is 26.1 Å². The first kappa shape index (κ1) is 15.5. The summed E-state index contributed by atoms with van der Waals surface area (Å²) in [5, 5.41) is 12.1. The van der Waals surface area contributed by atoms with Crippen LogP contribution in [0.1, 0.15) is 26.3 Å². The van der Waals surface area contributed by atoms with Crippen molar-refractivity contribution >= 4 is 5.91 Å². The van der Waals surface area contributed by atoms with Gasteiger partial charge in [0.05, 0.1) is 6.04 Å². The number of hydrogen-bond acceptors (Lipinski definition) is 3. The van der Waals surface area contributed by atoms with Gasteiger partial charge in [0, 0.05) is 6.54 Å². The highest BCUT2D eigenvalue weighted by atomic mass is 16.3. The van der Waals surface area contributed by atoms with Crippen LogP contribution < -0.4 is 11.1 Å². The van der Waals surface area contributed by atoms with E-state index in [0.717, 1.165) is 5.56 Å². The lowest BCUT2D eigenvalue weighted by Crippen LogP contribution is -2.43. The third-order valence-corrected chi connectivity index (χ3v) is 3.47. The van der Waals surface area contributed by atoms with Gasteiger partial charge in [0.2, 0.25) is 5.91 Å². The zero-order valence-corrected chi connectivity index (χ0v) is 11.9.